The highest BCUT2D eigenvalue weighted by Gasteiger charge is 2.08. The number of hydrogen-bond donors (Lipinski definition) is 1. The lowest BCUT2D eigenvalue weighted by Crippen LogP contribution is -2.33. The molecule has 0 saturated carbocycles. The number of pyridine rings is 1. The summed E-state index contributed by atoms with van der Waals surface area (Å²) in [6.45, 7) is 0.861. The zero-order chi connectivity index (χ0) is 15.5. The van der Waals surface area contributed by atoms with Gasteiger partial charge in [-0.05, 0) is 35.2 Å². The SMILES string of the molecule is COc1cc2c[n+](CCc3cccc(Cl)c3)ccc2cc1O. The molecule has 0 spiro atoms. The molecule has 0 amide bonds. The van der Waals surface area contributed by atoms with Crippen molar-refractivity contribution in [2.24, 2.45) is 0 Å². The van der Waals surface area contributed by atoms with Crippen LogP contribution in [-0.2, 0) is 13.0 Å². The number of benzene rings is 2. The van der Waals surface area contributed by atoms with Gasteiger partial charge in [-0.3, -0.25) is 0 Å². The molecule has 0 aliphatic rings. The lowest BCUT2D eigenvalue weighted by molar-refractivity contribution is -0.695. The van der Waals surface area contributed by atoms with Crippen molar-refractivity contribution < 1.29 is 14.4 Å². The molecule has 0 aliphatic heterocycles. The Labute approximate surface area is 134 Å². The molecule has 0 unspecified atom stereocenters. The van der Waals surface area contributed by atoms with Crippen LogP contribution in [0.2, 0.25) is 5.02 Å². The quantitative estimate of drug-likeness (QED) is 0.744. The van der Waals surface area contributed by atoms with Crippen LogP contribution in [0.25, 0.3) is 10.8 Å². The zero-order valence-electron chi connectivity index (χ0n) is 12.3. The van der Waals surface area contributed by atoms with E-state index < -0.39 is 0 Å². The first-order chi connectivity index (χ1) is 10.7. The number of nitrogens with zero attached hydrogens (tertiary/aromatic N) is 1. The Morgan fingerprint density at radius 2 is 2.00 bits per heavy atom. The van der Waals surface area contributed by atoms with Crippen LogP contribution in [0, 0.1) is 0 Å². The van der Waals surface area contributed by atoms with Gasteiger partial charge >= 0.3 is 0 Å². The number of halogens is 1. The van der Waals surface area contributed by atoms with Gasteiger partial charge in [0.25, 0.3) is 0 Å². The molecule has 0 radical (unpaired) electrons. The number of phenolic OH excluding ortho intramolecular Hbond substituents is 1. The van der Waals surface area contributed by atoms with Gasteiger partial charge < -0.3 is 9.84 Å². The predicted molar refractivity (Wildman–Crippen MR) is 87.5 cm³/mol. The summed E-state index contributed by atoms with van der Waals surface area (Å²) in [5.41, 5.74) is 1.21. The monoisotopic (exact) mass is 314 g/mol. The predicted octanol–water partition coefficient (Wildman–Crippen LogP) is 3.74. The van der Waals surface area contributed by atoms with E-state index in [0.717, 1.165) is 28.8 Å². The van der Waals surface area contributed by atoms with E-state index in [1.807, 2.05) is 36.5 Å². The van der Waals surface area contributed by atoms with Crippen LogP contribution in [-0.4, -0.2) is 12.2 Å². The highest BCUT2D eigenvalue weighted by Crippen LogP contribution is 2.30. The summed E-state index contributed by atoms with van der Waals surface area (Å²) in [6, 6.07) is 13.5. The molecule has 2 aromatic carbocycles. The van der Waals surface area contributed by atoms with Gasteiger partial charge in [0.15, 0.2) is 30.4 Å². The fourth-order valence-corrected chi connectivity index (χ4v) is 2.72. The summed E-state index contributed by atoms with van der Waals surface area (Å²) < 4.78 is 7.29. The molecule has 0 atom stereocenters. The van der Waals surface area contributed by atoms with E-state index in [1.165, 1.54) is 5.56 Å². The number of hydrogen-bond acceptors (Lipinski definition) is 2. The molecule has 0 fully saturated rings. The van der Waals surface area contributed by atoms with Crippen LogP contribution in [0.4, 0.5) is 0 Å². The van der Waals surface area contributed by atoms with Crippen molar-refractivity contribution >= 4 is 22.4 Å². The summed E-state index contributed by atoms with van der Waals surface area (Å²) in [5, 5.41) is 12.6. The van der Waals surface area contributed by atoms with Gasteiger partial charge in [0, 0.05) is 22.9 Å². The van der Waals surface area contributed by atoms with Crippen molar-refractivity contribution in [3.63, 3.8) is 0 Å². The first-order valence-corrected chi connectivity index (χ1v) is 7.48. The minimum atomic E-state index is 0.159. The van der Waals surface area contributed by atoms with Crippen LogP contribution in [0.5, 0.6) is 11.5 Å². The number of aryl methyl sites for hydroxylation is 2. The first kappa shape index (κ1) is 14.7. The van der Waals surface area contributed by atoms with E-state index in [9.17, 15) is 5.11 Å². The average molecular weight is 315 g/mol. The minimum Gasteiger partial charge on any atom is -0.504 e. The van der Waals surface area contributed by atoms with E-state index in [1.54, 1.807) is 13.2 Å². The third-order valence-electron chi connectivity index (χ3n) is 3.68. The van der Waals surface area contributed by atoms with Crippen molar-refractivity contribution in [3.05, 3.63) is 65.4 Å². The van der Waals surface area contributed by atoms with Crippen molar-refractivity contribution in [2.75, 3.05) is 7.11 Å². The summed E-state index contributed by atoms with van der Waals surface area (Å²) in [6.07, 6.45) is 4.98. The zero-order valence-corrected chi connectivity index (χ0v) is 13.0. The largest absolute Gasteiger partial charge is 0.504 e. The Morgan fingerprint density at radius 1 is 1.14 bits per heavy atom. The molecular weight excluding hydrogens is 298 g/mol. The summed E-state index contributed by atoms with van der Waals surface area (Å²) in [7, 11) is 1.55. The van der Waals surface area contributed by atoms with Crippen LogP contribution in [0.15, 0.2) is 54.9 Å². The Balaban J connectivity index is 1.83. The second kappa shape index (κ2) is 6.24. The Hall–Kier alpha value is -2.26. The molecular formula is C18H17ClNO2+. The lowest BCUT2D eigenvalue weighted by atomic mass is 10.1. The maximum absolute atomic E-state index is 9.81. The van der Waals surface area contributed by atoms with Crippen molar-refractivity contribution in [1.82, 2.24) is 0 Å². The topological polar surface area (TPSA) is 33.3 Å². The van der Waals surface area contributed by atoms with Crippen molar-refractivity contribution in [1.29, 1.82) is 0 Å². The number of methoxy groups -OCH3 is 1. The molecule has 0 aliphatic carbocycles. The van der Waals surface area contributed by atoms with Crippen LogP contribution in [0.1, 0.15) is 5.56 Å². The number of rotatable bonds is 4. The van der Waals surface area contributed by atoms with Crippen LogP contribution < -0.4 is 9.30 Å². The van der Waals surface area contributed by atoms with Gasteiger partial charge in [0.2, 0.25) is 0 Å². The average Bonchev–Trinajstić information content (AvgIpc) is 2.52. The van der Waals surface area contributed by atoms with Gasteiger partial charge in [0.1, 0.15) is 0 Å². The molecule has 3 aromatic rings. The summed E-state index contributed by atoms with van der Waals surface area (Å²) >= 11 is 6.01. The molecule has 3 rings (SSSR count). The molecule has 3 nitrogen and oxygen atoms in total. The van der Waals surface area contributed by atoms with Crippen LogP contribution >= 0.6 is 11.6 Å². The number of aromatic nitrogens is 1. The van der Waals surface area contributed by atoms with Gasteiger partial charge in [-0.2, -0.15) is 0 Å². The normalized spacial score (nSPS) is 10.8. The fraction of sp³-hybridized carbons (Fsp3) is 0.167. The van der Waals surface area contributed by atoms with E-state index in [2.05, 4.69) is 16.8 Å². The minimum absolute atomic E-state index is 0.159. The highest BCUT2D eigenvalue weighted by molar-refractivity contribution is 6.30. The number of fused-ring (bicyclic) bond motifs is 1. The number of ether oxygens (including phenoxy) is 1. The molecule has 0 saturated heterocycles. The van der Waals surface area contributed by atoms with Crippen molar-refractivity contribution in [2.45, 2.75) is 13.0 Å². The standard InChI is InChI=1S/C18H16ClNO2/c1-22-18-11-15-12-20(8-6-14(15)10-17(18)21)7-5-13-3-2-4-16(19)9-13/h2-4,6,8-12H,5,7H2,1H3/p+1. The second-order valence-corrected chi connectivity index (χ2v) is 5.65. The summed E-state index contributed by atoms with van der Waals surface area (Å²) in [5.74, 6) is 0.645. The van der Waals surface area contributed by atoms with E-state index in [-0.39, 0.29) is 5.75 Å². The number of phenols is 1. The molecule has 1 N–H and O–H groups in total. The third kappa shape index (κ3) is 3.15. The number of aromatic hydroxyl groups is 1. The van der Waals surface area contributed by atoms with Gasteiger partial charge in [0.05, 0.1) is 7.11 Å². The van der Waals surface area contributed by atoms with E-state index >= 15 is 0 Å². The lowest BCUT2D eigenvalue weighted by Gasteiger charge is -2.05. The van der Waals surface area contributed by atoms with Crippen LogP contribution in [0.3, 0.4) is 0 Å². The fourth-order valence-electron chi connectivity index (χ4n) is 2.51. The molecule has 1 heterocycles. The van der Waals surface area contributed by atoms with E-state index in [0.29, 0.717) is 5.75 Å². The molecule has 4 heteroatoms. The highest BCUT2D eigenvalue weighted by atomic mass is 35.5. The Kier molecular flexibility index (Phi) is 4.16. The Bertz CT molecular complexity index is 817. The van der Waals surface area contributed by atoms with Gasteiger partial charge in [-0.1, -0.05) is 23.7 Å². The maximum Gasteiger partial charge on any atom is 0.176 e. The van der Waals surface area contributed by atoms with Gasteiger partial charge in [-0.25, -0.2) is 4.57 Å². The molecule has 112 valence electrons. The second-order valence-electron chi connectivity index (χ2n) is 5.22. The summed E-state index contributed by atoms with van der Waals surface area (Å²) in [4.78, 5) is 0. The maximum atomic E-state index is 9.81. The molecule has 22 heavy (non-hydrogen) atoms. The smallest absolute Gasteiger partial charge is 0.176 e. The van der Waals surface area contributed by atoms with Crippen molar-refractivity contribution in [3.8, 4) is 11.5 Å². The molecule has 0 bridgehead atoms. The molecule has 1 aromatic heterocycles. The first-order valence-electron chi connectivity index (χ1n) is 7.10. The Morgan fingerprint density at radius 3 is 2.77 bits per heavy atom. The third-order valence-corrected chi connectivity index (χ3v) is 3.92. The van der Waals surface area contributed by atoms with Gasteiger partial charge in [-0.15, -0.1) is 0 Å². The van der Waals surface area contributed by atoms with E-state index in [4.69, 9.17) is 16.3 Å².